The van der Waals surface area contributed by atoms with Gasteiger partial charge in [-0.1, -0.05) is 17.7 Å². The van der Waals surface area contributed by atoms with Crippen LogP contribution in [-0.4, -0.2) is 20.9 Å². The van der Waals surface area contributed by atoms with Gasteiger partial charge in [0.2, 0.25) is 0 Å². The van der Waals surface area contributed by atoms with Gasteiger partial charge >= 0.3 is 0 Å². The molecule has 0 aliphatic rings. The van der Waals surface area contributed by atoms with E-state index in [1.54, 1.807) is 18.2 Å². The van der Waals surface area contributed by atoms with E-state index in [0.717, 1.165) is 15.4 Å². The number of aryl methyl sites for hydroxylation is 2. The first-order valence-corrected chi connectivity index (χ1v) is 8.92. The lowest BCUT2D eigenvalue weighted by atomic mass is 10.1. The molecule has 2 aromatic carbocycles. The summed E-state index contributed by atoms with van der Waals surface area (Å²) in [7, 11) is -3.95. The zero-order valence-corrected chi connectivity index (χ0v) is 14.9. The number of sulfonamides is 1. The number of carbonyl (C=O) groups is 1. The summed E-state index contributed by atoms with van der Waals surface area (Å²) in [5.41, 5.74) is 4.28. The summed E-state index contributed by atoms with van der Waals surface area (Å²) in [5, 5.41) is 0.423. The van der Waals surface area contributed by atoms with E-state index in [1.807, 2.05) is 19.3 Å². The number of hydrazine groups is 1. The van der Waals surface area contributed by atoms with Gasteiger partial charge < -0.3 is 0 Å². The number of carbonyl (C=O) groups excluding carboxylic acids is 1. The molecule has 0 aliphatic carbocycles. The smallest absolute Gasteiger partial charge is 0.264 e. The molecule has 3 N–H and O–H groups in total. The standard InChI is InChI=1S/C16H18ClN3O3S/c1-11-3-6-14(9-12(11)2)20(10-16(21)19-18)24(22,23)15-7-4-13(17)5-8-15/h3-9H,10,18H2,1-2H3,(H,19,21). The highest BCUT2D eigenvalue weighted by Gasteiger charge is 2.27. The Morgan fingerprint density at radius 3 is 2.29 bits per heavy atom. The summed E-state index contributed by atoms with van der Waals surface area (Å²) >= 11 is 5.81. The molecule has 2 aromatic rings. The van der Waals surface area contributed by atoms with Crippen molar-refractivity contribution in [2.24, 2.45) is 5.84 Å². The number of hydrogen-bond donors (Lipinski definition) is 2. The topological polar surface area (TPSA) is 92.5 Å². The molecule has 0 saturated carbocycles. The average molecular weight is 368 g/mol. The highest BCUT2D eigenvalue weighted by Crippen LogP contribution is 2.26. The maximum atomic E-state index is 13.0. The molecule has 0 aliphatic heterocycles. The second kappa shape index (κ2) is 7.21. The molecule has 1 amide bonds. The highest BCUT2D eigenvalue weighted by molar-refractivity contribution is 7.92. The quantitative estimate of drug-likeness (QED) is 0.481. The third-order valence-corrected chi connectivity index (χ3v) is 5.67. The third-order valence-electron chi connectivity index (χ3n) is 3.63. The molecule has 0 atom stereocenters. The Labute approximate surface area is 146 Å². The summed E-state index contributed by atoms with van der Waals surface area (Å²) in [6.45, 7) is 3.36. The fourth-order valence-electron chi connectivity index (χ4n) is 2.11. The van der Waals surface area contributed by atoms with Gasteiger partial charge in [-0.15, -0.1) is 0 Å². The van der Waals surface area contributed by atoms with E-state index in [4.69, 9.17) is 17.4 Å². The molecule has 2 rings (SSSR count). The van der Waals surface area contributed by atoms with Gasteiger partial charge in [-0.25, -0.2) is 14.3 Å². The average Bonchev–Trinajstić information content (AvgIpc) is 2.55. The van der Waals surface area contributed by atoms with Crippen LogP contribution in [-0.2, 0) is 14.8 Å². The molecular weight excluding hydrogens is 350 g/mol. The third kappa shape index (κ3) is 3.87. The molecule has 0 fully saturated rings. The minimum absolute atomic E-state index is 0.0370. The maximum absolute atomic E-state index is 13.0. The van der Waals surface area contributed by atoms with Gasteiger partial charge in [0, 0.05) is 5.02 Å². The van der Waals surface area contributed by atoms with Gasteiger partial charge in [-0.2, -0.15) is 0 Å². The van der Waals surface area contributed by atoms with E-state index < -0.39 is 22.5 Å². The first kappa shape index (κ1) is 18.3. The Morgan fingerprint density at radius 1 is 1.12 bits per heavy atom. The number of amides is 1. The molecule has 0 saturated heterocycles. The normalized spacial score (nSPS) is 11.2. The van der Waals surface area contributed by atoms with Crippen molar-refractivity contribution in [3.8, 4) is 0 Å². The van der Waals surface area contributed by atoms with Crippen LogP contribution in [0.3, 0.4) is 0 Å². The van der Waals surface area contributed by atoms with Crippen LogP contribution in [0.5, 0.6) is 0 Å². The van der Waals surface area contributed by atoms with Crippen molar-refractivity contribution < 1.29 is 13.2 Å². The predicted molar refractivity (Wildman–Crippen MR) is 94.2 cm³/mol. The number of nitrogens with zero attached hydrogens (tertiary/aromatic N) is 1. The van der Waals surface area contributed by atoms with Crippen molar-refractivity contribution >= 4 is 33.2 Å². The molecule has 128 valence electrons. The molecule has 0 bridgehead atoms. The minimum Gasteiger partial charge on any atom is -0.293 e. The van der Waals surface area contributed by atoms with Crippen molar-refractivity contribution in [1.82, 2.24) is 5.43 Å². The lowest BCUT2D eigenvalue weighted by molar-refractivity contribution is -0.119. The van der Waals surface area contributed by atoms with Crippen LogP contribution < -0.4 is 15.6 Å². The van der Waals surface area contributed by atoms with Crippen LogP contribution in [0, 0.1) is 13.8 Å². The van der Waals surface area contributed by atoms with E-state index in [-0.39, 0.29) is 4.90 Å². The van der Waals surface area contributed by atoms with Gasteiger partial charge in [-0.05, 0) is 61.4 Å². The Hall–Kier alpha value is -2.09. The fraction of sp³-hybridized carbons (Fsp3) is 0.188. The van der Waals surface area contributed by atoms with Crippen LogP contribution in [0.2, 0.25) is 5.02 Å². The number of halogens is 1. The molecule has 8 heteroatoms. The summed E-state index contributed by atoms with van der Waals surface area (Å²) in [6, 6.07) is 10.9. The van der Waals surface area contributed by atoms with Gasteiger partial charge in [0.05, 0.1) is 10.6 Å². The van der Waals surface area contributed by atoms with Crippen molar-refractivity contribution in [1.29, 1.82) is 0 Å². The molecular formula is C16H18ClN3O3S. The summed E-state index contributed by atoms with van der Waals surface area (Å²) < 4.78 is 26.9. The lowest BCUT2D eigenvalue weighted by Gasteiger charge is -2.24. The number of nitrogens with two attached hydrogens (primary N) is 1. The molecule has 6 nitrogen and oxygen atoms in total. The zero-order valence-electron chi connectivity index (χ0n) is 13.3. The van der Waals surface area contributed by atoms with E-state index in [0.29, 0.717) is 10.7 Å². The first-order valence-electron chi connectivity index (χ1n) is 7.10. The summed E-state index contributed by atoms with van der Waals surface area (Å²) in [5.74, 6) is 4.50. The molecule has 0 aromatic heterocycles. The van der Waals surface area contributed by atoms with Gasteiger partial charge in [-0.3, -0.25) is 14.5 Å². The van der Waals surface area contributed by atoms with Gasteiger partial charge in [0.1, 0.15) is 6.54 Å². The van der Waals surface area contributed by atoms with E-state index in [2.05, 4.69) is 0 Å². The van der Waals surface area contributed by atoms with Gasteiger partial charge in [0.25, 0.3) is 15.9 Å². The molecule has 0 unspecified atom stereocenters. The Bertz CT molecular complexity index is 851. The number of hydrogen-bond acceptors (Lipinski definition) is 4. The molecule has 0 radical (unpaired) electrons. The summed E-state index contributed by atoms with van der Waals surface area (Å²) in [4.78, 5) is 11.8. The van der Waals surface area contributed by atoms with Crippen LogP contribution in [0.15, 0.2) is 47.4 Å². The highest BCUT2D eigenvalue weighted by atomic mass is 35.5. The van der Waals surface area contributed by atoms with Crippen molar-refractivity contribution in [2.45, 2.75) is 18.7 Å². The Balaban J connectivity index is 2.54. The maximum Gasteiger partial charge on any atom is 0.264 e. The predicted octanol–water partition coefficient (Wildman–Crippen LogP) is 2.14. The van der Waals surface area contributed by atoms with Crippen molar-refractivity contribution in [3.63, 3.8) is 0 Å². The van der Waals surface area contributed by atoms with Crippen LogP contribution in [0.4, 0.5) is 5.69 Å². The van der Waals surface area contributed by atoms with Crippen LogP contribution >= 0.6 is 11.6 Å². The van der Waals surface area contributed by atoms with Crippen LogP contribution in [0.25, 0.3) is 0 Å². The van der Waals surface area contributed by atoms with E-state index >= 15 is 0 Å². The summed E-state index contributed by atoms with van der Waals surface area (Å²) in [6.07, 6.45) is 0. The lowest BCUT2D eigenvalue weighted by Crippen LogP contribution is -2.43. The number of rotatable bonds is 5. The number of benzene rings is 2. The fourth-order valence-corrected chi connectivity index (χ4v) is 3.64. The monoisotopic (exact) mass is 367 g/mol. The van der Waals surface area contributed by atoms with Gasteiger partial charge in [0.15, 0.2) is 0 Å². The Morgan fingerprint density at radius 2 is 1.75 bits per heavy atom. The zero-order chi connectivity index (χ0) is 17.9. The molecule has 0 spiro atoms. The second-order valence-corrected chi connectivity index (χ2v) is 7.60. The SMILES string of the molecule is Cc1ccc(N(CC(=O)NN)S(=O)(=O)c2ccc(Cl)cc2)cc1C. The van der Waals surface area contributed by atoms with E-state index in [9.17, 15) is 13.2 Å². The van der Waals surface area contributed by atoms with Crippen molar-refractivity contribution in [3.05, 3.63) is 58.6 Å². The van der Waals surface area contributed by atoms with Crippen molar-refractivity contribution in [2.75, 3.05) is 10.8 Å². The molecule has 24 heavy (non-hydrogen) atoms. The number of nitrogens with one attached hydrogen (secondary N) is 1. The van der Waals surface area contributed by atoms with Crippen LogP contribution in [0.1, 0.15) is 11.1 Å². The second-order valence-electron chi connectivity index (χ2n) is 5.30. The largest absolute Gasteiger partial charge is 0.293 e. The minimum atomic E-state index is -3.95. The molecule has 0 heterocycles. The number of anilines is 1. The Kier molecular flexibility index (Phi) is 5.48. The van der Waals surface area contributed by atoms with E-state index in [1.165, 1.54) is 24.3 Å². The first-order chi connectivity index (χ1) is 11.3.